The van der Waals surface area contributed by atoms with Gasteiger partial charge in [-0.15, -0.1) is 0 Å². The molecule has 0 spiro atoms. The summed E-state index contributed by atoms with van der Waals surface area (Å²) in [5.74, 6) is 0.160. The van der Waals surface area contributed by atoms with Gasteiger partial charge < -0.3 is 4.90 Å². The van der Waals surface area contributed by atoms with Gasteiger partial charge in [0.1, 0.15) is 0 Å². The van der Waals surface area contributed by atoms with Gasteiger partial charge in [0.2, 0.25) is 0 Å². The van der Waals surface area contributed by atoms with E-state index in [4.69, 9.17) is 0 Å². The van der Waals surface area contributed by atoms with E-state index in [-0.39, 0.29) is 11.0 Å². The SMILES string of the molecule is CCN=C1SC(CS(=O)(=O)c2ccccc2)CN1C(C)C. The van der Waals surface area contributed by atoms with Crippen molar-refractivity contribution in [3.63, 3.8) is 0 Å². The van der Waals surface area contributed by atoms with Crippen molar-refractivity contribution in [2.45, 2.75) is 37.0 Å². The molecule has 1 saturated heterocycles. The van der Waals surface area contributed by atoms with Crippen LogP contribution >= 0.6 is 11.8 Å². The molecule has 4 nitrogen and oxygen atoms in total. The van der Waals surface area contributed by atoms with Crippen molar-refractivity contribution in [1.29, 1.82) is 0 Å². The van der Waals surface area contributed by atoms with Gasteiger partial charge in [-0.25, -0.2) is 8.42 Å². The Balaban J connectivity index is 2.13. The quantitative estimate of drug-likeness (QED) is 0.835. The summed E-state index contributed by atoms with van der Waals surface area (Å²) < 4.78 is 24.9. The van der Waals surface area contributed by atoms with Crippen molar-refractivity contribution in [3.05, 3.63) is 30.3 Å². The minimum atomic E-state index is -3.23. The lowest BCUT2D eigenvalue weighted by molar-refractivity contribution is 0.369. The summed E-state index contributed by atoms with van der Waals surface area (Å²) in [4.78, 5) is 7.09. The fourth-order valence-corrected chi connectivity index (χ4v) is 5.63. The molecule has 21 heavy (non-hydrogen) atoms. The van der Waals surface area contributed by atoms with Crippen LogP contribution in [0.25, 0.3) is 0 Å². The largest absolute Gasteiger partial charge is 0.348 e. The Kier molecular flexibility index (Phi) is 5.32. The van der Waals surface area contributed by atoms with E-state index in [1.54, 1.807) is 36.0 Å². The summed E-state index contributed by atoms with van der Waals surface area (Å²) in [6.07, 6.45) is 0. The molecule has 0 aliphatic carbocycles. The van der Waals surface area contributed by atoms with Crippen molar-refractivity contribution >= 4 is 26.8 Å². The first-order valence-electron chi connectivity index (χ1n) is 7.19. The number of amidine groups is 1. The Morgan fingerprint density at radius 3 is 2.57 bits per heavy atom. The van der Waals surface area contributed by atoms with Crippen LogP contribution in [-0.4, -0.2) is 48.6 Å². The highest BCUT2D eigenvalue weighted by molar-refractivity contribution is 8.15. The number of thioether (sulfide) groups is 1. The fourth-order valence-electron chi connectivity index (χ4n) is 2.30. The van der Waals surface area contributed by atoms with Crippen LogP contribution in [0.15, 0.2) is 40.2 Å². The highest BCUT2D eigenvalue weighted by Crippen LogP contribution is 2.30. The maximum atomic E-state index is 12.5. The Bertz CT molecular complexity index is 597. The van der Waals surface area contributed by atoms with Gasteiger partial charge in [-0.3, -0.25) is 4.99 Å². The molecule has 0 N–H and O–H groups in total. The average Bonchev–Trinajstić information content (AvgIpc) is 2.82. The van der Waals surface area contributed by atoms with Gasteiger partial charge in [0.15, 0.2) is 15.0 Å². The molecule has 0 amide bonds. The summed E-state index contributed by atoms with van der Waals surface area (Å²) in [6, 6.07) is 9.02. The van der Waals surface area contributed by atoms with Crippen LogP contribution in [-0.2, 0) is 9.84 Å². The minimum Gasteiger partial charge on any atom is -0.348 e. The smallest absolute Gasteiger partial charge is 0.179 e. The van der Waals surface area contributed by atoms with E-state index in [2.05, 4.69) is 23.7 Å². The van der Waals surface area contributed by atoms with Gasteiger partial charge in [0.05, 0.1) is 10.6 Å². The lowest BCUT2D eigenvalue weighted by Gasteiger charge is -2.22. The van der Waals surface area contributed by atoms with Gasteiger partial charge >= 0.3 is 0 Å². The van der Waals surface area contributed by atoms with Crippen LogP contribution in [0.5, 0.6) is 0 Å². The topological polar surface area (TPSA) is 49.7 Å². The molecule has 1 unspecified atom stereocenters. The summed E-state index contributed by atoms with van der Waals surface area (Å²) in [5.41, 5.74) is 0. The number of sulfone groups is 1. The first-order chi connectivity index (χ1) is 9.94. The van der Waals surface area contributed by atoms with Gasteiger partial charge in [0.25, 0.3) is 0 Å². The minimum absolute atomic E-state index is 0.0444. The zero-order valence-corrected chi connectivity index (χ0v) is 14.3. The molecule has 1 atom stereocenters. The number of rotatable bonds is 5. The number of hydrogen-bond donors (Lipinski definition) is 0. The van der Waals surface area contributed by atoms with Gasteiger partial charge in [0, 0.05) is 24.4 Å². The summed E-state index contributed by atoms with van der Waals surface area (Å²) in [6.45, 7) is 7.69. The van der Waals surface area contributed by atoms with Crippen LogP contribution in [0.4, 0.5) is 0 Å². The van der Waals surface area contributed by atoms with Crippen molar-refractivity contribution in [2.75, 3.05) is 18.8 Å². The Hall–Kier alpha value is -1.01. The second-order valence-corrected chi connectivity index (χ2v) is 8.64. The lowest BCUT2D eigenvalue weighted by Crippen LogP contribution is -2.33. The molecule has 0 radical (unpaired) electrons. The van der Waals surface area contributed by atoms with Crippen molar-refractivity contribution in [2.24, 2.45) is 4.99 Å². The van der Waals surface area contributed by atoms with Crippen LogP contribution in [0.3, 0.4) is 0 Å². The maximum absolute atomic E-state index is 12.5. The molecule has 6 heteroatoms. The fraction of sp³-hybridized carbons (Fsp3) is 0.533. The molecule has 1 aromatic carbocycles. The molecule has 0 saturated carbocycles. The molecule has 1 aliphatic heterocycles. The number of aliphatic imine (C=N–C) groups is 1. The molecular weight excluding hydrogens is 304 g/mol. The predicted octanol–water partition coefficient (Wildman–Crippen LogP) is 2.66. The van der Waals surface area contributed by atoms with Crippen molar-refractivity contribution in [3.8, 4) is 0 Å². The summed E-state index contributed by atoms with van der Waals surface area (Å²) in [7, 11) is -3.23. The summed E-state index contributed by atoms with van der Waals surface area (Å²) in [5, 5.41) is 1.02. The zero-order valence-electron chi connectivity index (χ0n) is 12.7. The standard InChI is InChI=1S/C15H22N2O2S2/c1-4-16-15-17(12(2)3)10-13(20-15)11-21(18,19)14-8-6-5-7-9-14/h5-9,12-13H,4,10-11H2,1-3H3. The monoisotopic (exact) mass is 326 g/mol. The van der Waals surface area contributed by atoms with E-state index < -0.39 is 9.84 Å². The highest BCUT2D eigenvalue weighted by atomic mass is 32.2. The van der Waals surface area contributed by atoms with Crippen molar-refractivity contribution < 1.29 is 8.42 Å². The number of nitrogens with zero attached hydrogens (tertiary/aromatic N) is 2. The second kappa shape index (κ2) is 6.83. The third-order valence-electron chi connectivity index (χ3n) is 3.34. The lowest BCUT2D eigenvalue weighted by atomic mass is 10.3. The van der Waals surface area contributed by atoms with E-state index in [9.17, 15) is 8.42 Å². The Morgan fingerprint density at radius 2 is 2.00 bits per heavy atom. The van der Waals surface area contributed by atoms with E-state index >= 15 is 0 Å². The van der Waals surface area contributed by atoms with Gasteiger partial charge in [-0.1, -0.05) is 30.0 Å². The van der Waals surface area contributed by atoms with Crippen LogP contribution in [0.1, 0.15) is 20.8 Å². The molecule has 1 fully saturated rings. The normalized spacial score (nSPS) is 21.4. The van der Waals surface area contributed by atoms with Crippen LogP contribution in [0, 0.1) is 0 Å². The molecule has 1 aliphatic rings. The van der Waals surface area contributed by atoms with Gasteiger partial charge in [-0.2, -0.15) is 0 Å². The molecule has 2 rings (SSSR count). The van der Waals surface area contributed by atoms with E-state index in [0.29, 0.717) is 10.9 Å². The third kappa shape index (κ3) is 4.01. The molecule has 1 aromatic rings. The maximum Gasteiger partial charge on any atom is 0.179 e. The third-order valence-corrected chi connectivity index (χ3v) is 6.61. The molecule has 0 aromatic heterocycles. The van der Waals surface area contributed by atoms with E-state index in [1.165, 1.54) is 0 Å². The second-order valence-electron chi connectivity index (χ2n) is 5.34. The Morgan fingerprint density at radius 1 is 1.33 bits per heavy atom. The summed E-state index contributed by atoms with van der Waals surface area (Å²) >= 11 is 1.59. The van der Waals surface area contributed by atoms with E-state index in [0.717, 1.165) is 18.3 Å². The molecular formula is C15H22N2O2S2. The first kappa shape index (κ1) is 16.4. The van der Waals surface area contributed by atoms with Crippen molar-refractivity contribution in [1.82, 2.24) is 4.90 Å². The molecule has 0 bridgehead atoms. The van der Waals surface area contributed by atoms with E-state index in [1.807, 2.05) is 13.0 Å². The number of hydrogen-bond acceptors (Lipinski definition) is 4. The Labute approximate surface area is 131 Å². The average molecular weight is 326 g/mol. The molecule has 1 heterocycles. The van der Waals surface area contributed by atoms with Gasteiger partial charge in [-0.05, 0) is 32.9 Å². The zero-order chi connectivity index (χ0) is 15.5. The molecule has 116 valence electrons. The number of benzene rings is 1. The van der Waals surface area contributed by atoms with Crippen LogP contribution in [0.2, 0.25) is 0 Å². The van der Waals surface area contributed by atoms with Crippen LogP contribution < -0.4 is 0 Å². The first-order valence-corrected chi connectivity index (χ1v) is 9.72. The predicted molar refractivity (Wildman–Crippen MR) is 89.7 cm³/mol. The highest BCUT2D eigenvalue weighted by Gasteiger charge is 2.33.